The van der Waals surface area contributed by atoms with Crippen molar-refractivity contribution in [3.63, 3.8) is 0 Å². The number of benzene rings is 2. The Morgan fingerprint density at radius 2 is 1.77 bits per heavy atom. The molecule has 2 rings (SSSR count). The largest absolute Gasteiger partial charge is 0.508 e. The molecule has 0 aliphatic rings. The van der Waals surface area contributed by atoms with Gasteiger partial charge in [-0.3, -0.25) is 4.79 Å². The maximum atomic E-state index is 12.8. The van der Waals surface area contributed by atoms with Crippen LogP contribution in [0.2, 0.25) is 0 Å². The summed E-state index contributed by atoms with van der Waals surface area (Å²) in [5, 5.41) is 9.23. The van der Waals surface area contributed by atoms with Crippen LogP contribution < -0.4 is 0 Å². The number of phenolic OH excluding ortho intramolecular Hbond substituents is 1. The highest BCUT2D eigenvalue weighted by Gasteiger charge is 2.07. The van der Waals surface area contributed by atoms with Crippen molar-refractivity contribution in [1.29, 1.82) is 0 Å². The zero-order valence-corrected chi connectivity index (χ0v) is 12.4. The SMILES string of the molecule is CN(Cc1ccc(O)cc1)C(=O)C/C=C/c1ccc(F)cc1. The van der Waals surface area contributed by atoms with Gasteiger partial charge in [0.2, 0.25) is 5.91 Å². The molecule has 4 heteroatoms. The third-order valence-corrected chi connectivity index (χ3v) is 3.25. The first-order valence-corrected chi connectivity index (χ1v) is 6.98. The number of rotatable bonds is 5. The van der Waals surface area contributed by atoms with Gasteiger partial charge in [0, 0.05) is 20.0 Å². The monoisotopic (exact) mass is 299 g/mol. The molecule has 0 spiro atoms. The average molecular weight is 299 g/mol. The second-order valence-corrected chi connectivity index (χ2v) is 5.07. The fourth-order valence-electron chi connectivity index (χ4n) is 1.99. The molecule has 1 amide bonds. The molecule has 2 aromatic carbocycles. The van der Waals surface area contributed by atoms with Crippen molar-refractivity contribution in [2.24, 2.45) is 0 Å². The molecule has 2 aromatic rings. The molecule has 22 heavy (non-hydrogen) atoms. The molecule has 0 fully saturated rings. The van der Waals surface area contributed by atoms with Crippen LogP contribution in [0.1, 0.15) is 17.5 Å². The fourth-order valence-corrected chi connectivity index (χ4v) is 1.99. The lowest BCUT2D eigenvalue weighted by Gasteiger charge is -2.16. The highest BCUT2D eigenvalue weighted by atomic mass is 19.1. The number of carbonyl (C=O) groups excluding carboxylic acids is 1. The standard InChI is InChI=1S/C18H18FNO2/c1-20(13-15-7-11-17(21)12-8-15)18(22)4-2-3-14-5-9-16(19)10-6-14/h2-3,5-12,21H,4,13H2,1H3/b3-2+. The summed E-state index contributed by atoms with van der Waals surface area (Å²) in [5.74, 6) is -0.0757. The van der Waals surface area contributed by atoms with Crippen molar-refractivity contribution < 1.29 is 14.3 Å². The van der Waals surface area contributed by atoms with Gasteiger partial charge in [-0.2, -0.15) is 0 Å². The molecule has 3 nitrogen and oxygen atoms in total. The van der Waals surface area contributed by atoms with E-state index in [0.29, 0.717) is 6.54 Å². The van der Waals surface area contributed by atoms with Crippen molar-refractivity contribution in [3.8, 4) is 5.75 Å². The Bertz CT molecular complexity index is 648. The number of phenols is 1. The van der Waals surface area contributed by atoms with E-state index in [0.717, 1.165) is 11.1 Å². The van der Waals surface area contributed by atoms with Gasteiger partial charge >= 0.3 is 0 Å². The third kappa shape index (κ3) is 4.74. The van der Waals surface area contributed by atoms with Gasteiger partial charge in [0.25, 0.3) is 0 Å². The van der Waals surface area contributed by atoms with Crippen molar-refractivity contribution >= 4 is 12.0 Å². The molecule has 0 saturated carbocycles. The summed E-state index contributed by atoms with van der Waals surface area (Å²) in [6, 6.07) is 12.9. The Kier molecular flexibility index (Phi) is 5.31. The van der Waals surface area contributed by atoms with Gasteiger partial charge in [-0.05, 0) is 35.4 Å². The molecule has 0 aliphatic heterocycles. The summed E-state index contributed by atoms with van der Waals surface area (Å²) in [7, 11) is 1.74. The summed E-state index contributed by atoms with van der Waals surface area (Å²) >= 11 is 0. The van der Waals surface area contributed by atoms with E-state index in [1.54, 1.807) is 60.5 Å². The zero-order valence-electron chi connectivity index (χ0n) is 12.4. The van der Waals surface area contributed by atoms with E-state index in [2.05, 4.69) is 0 Å². The third-order valence-electron chi connectivity index (χ3n) is 3.25. The summed E-state index contributed by atoms with van der Waals surface area (Å²) in [6.45, 7) is 0.490. The van der Waals surface area contributed by atoms with Crippen LogP contribution in [0, 0.1) is 5.82 Å². The lowest BCUT2D eigenvalue weighted by Crippen LogP contribution is -2.25. The van der Waals surface area contributed by atoms with Crippen LogP contribution in [-0.2, 0) is 11.3 Å². The Labute approximate surface area is 129 Å². The molecule has 0 heterocycles. The van der Waals surface area contributed by atoms with Gasteiger partial charge in [-0.1, -0.05) is 36.4 Å². The Balaban J connectivity index is 1.85. The Hall–Kier alpha value is -2.62. The van der Waals surface area contributed by atoms with E-state index in [1.165, 1.54) is 12.1 Å². The van der Waals surface area contributed by atoms with Gasteiger partial charge in [-0.15, -0.1) is 0 Å². The maximum absolute atomic E-state index is 12.8. The number of halogens is 1. The van der Waals surface area contributed by atoms with E-state index < -0.39 is 0 Å². The van der Waals surface area contributed by atoms with Gasteiger partial charge in [0.05, 0.1) is 0 Å². The molecule has 0 radical (unpaired) electrons. The highest BCUT2D eigenvalue weighted by Crippen LogP contribution is 2.12. The molecule has 0 saturated heterocycles. The van der Waals surface area contributed by atoms with Gasteiger partial charge in [0.15, 0.2) is 0 Å². The van der Waals surface area contributed by atoms with Gasteiger partial charge in [-0.25, -0.2) is 4.39 Å². The number of carbonyl (C=O) groups is 1. The summed E-state index contributed by atoms with van der Waals surface area (Å²) < 4.78 is 12.8. The number of aromatic hydroxyl groups is 1. The molecular weight excluding hydrogens is 281 g/mol. The van der Waals surface area contributed by atoms with Crippen molar-refractivity contribution in [3.05, 3.63) is 71.6 Å². The Morgan fingerprint density at radius 3 is 2.41 bits per heavy atom. The number of nitrogens with zero attached hydrogens (tertiary/aromatic N) is 1. The Morgan fingerprint density at radius 1 is 1.14 bits per heavy atom. The molecule has 114 valence electrons. The first-order valence-electron chi connectivity index (χ1n) is 6.98. The predicted molar refractivity (Wildman–Crippen MR) is 84.6 cm³/mol. The van der Waals surface area contributed by atoms with Crippen LogP contribution in [0.25, 0.3) is 6.08 Å². The first kappa shape index (κ1) is 15.8. The normalized spacial score (nSPS) is 10.8. The highest BCUT2D eigenvalue weighted by molar-refractivity contribution is 5.78. The fraction of sp³-hybridized carbons (Fsp3) is 0.167. The average Bonchev–Trinajstić information content (AvgIpc) is 2.51. The molecular formula is C18H18FNO2. The second-order valence-electron chi connectivity index (χ2n) is 5.07. The minimum absolute atomic E-state index is 0.00793. The van der Waals surface area contributed by atoms with Crippen LogP contribution >= 0.6 is 0 Å². The number of hydrogen-bond acceptors (Lipinski definition) is 2. The molecule has 1 N–H and O–H groups in total. The van der Waals surface area contributed by atoms with E-state index in [1.807, 2.05) is 0 Å². The minimum atomic E-state index is -0.276. The van der Waals surface area contributed by atoms with Crippen LogP contribution in [0.3, 0.4) is 0 Å². The topological polar surface area (TPSA) is 40.5 Å². The number of amides is 1. The van der Waals surface area contributed by atoms with E-state index in [4.69, 9.17) is 0 Å². The van der Waals surface area contributed by atoms with Crippen molar-refractivity contribution in [1.82, 2.24) is 4.90 Å². The van der Waals surface area contributed by atoms with Gasteiger partial charge in [0.1, 0.15) is 11.6 Å². The summed E-state index contributed by atoms with van der Waals surface area (Å²) in [6.07, 6.45) is 3.85. The molecule has 0 atom stereocenters. The second kappa shape index (κ2) is 7.41. The summed E-state index contributed by atoms with van der Waals surface area (Å²) in [5.41, 5.74) is 1.81. The van der Waals surface area contributed by atoms with Crippen molar-refractivity contribution in [2.45, 2.75) is 13.0 Å². The maximum Gasteiger partial charge on any atom is 0.226 e. The van der Waals surface area contributed by atoms with Crippen LogP contribution in [0.5, 0.6) is 5.75 Å². The lowest BCUT2D eigenvalue weighted by molar-refractivity contribution is -0.129. The van der Waals surface area contributed by atoms with Crippen molar-refractivity contribution in [2.75, 3.05) is 7.05 Å². The van der Waals surface area contributed by atoms with E-state index >= 15 is 0 Å². The van der Waals surface area contributed by atoms with E-state index in [9.17, 15) is 14.3 Å². The molecule has 0 unspecified atom stereocenters. The van der Waals surface area contributed by atoms with Crippen LogP contribution in [0.4, 0.5) is 4.39 Å². The van der Waals surface area contributed by atoms with Crippen LogP contribution in [0.15, 0.2) is 54.6 Å². The molecule has 0 bridgehead atoms. The van der Waals surface area contributed by atoms with E-state index in [-0.39, 0.29) is 23.9 Å². The molecule has 0 aliphatic carbocycles. The minimum Gasteiger partial charge on any atom is -0.508 e. The lowest BCUT2D eigenvalue weighted by atomic mass is 10.2. The number of hydrogen-bond donors (Lipinski definition) is 1. The smallest absolute Gasteiger partial charge is 0.226 e. The zero-order chi connectivity index (χ0) is 15.9. The molecule has 0 aromatic heterocycles. The quantitative estimate of drug-likeness (QED) is 0.916. The van der Waals surface area contributed by atoms with Crippen LogP contribution in [-0.4, -0.2) is 23.0 Å². The summed E-state index contributed by atoms with van der Waals surface area (Å²) in [4.78, 5) is 13.7. The predicted octanol–water partition coefficient (Wildman–Crippen LogP) is 3.59. The first-order chi connectivity index (χ1) is 10.5. The van der Waals surface area contributed by atoms with Gasteiger partial charge < -0.3 is 10.0 Å².